The molecule has 2 aromatic carbocycles. The van der Waals surface area contributed by atoms with E-state index in [1.165, 1.54) is 12.8 Å². The summed E-state index contributed by atoms with van der Waals surface area (Å²) in [6.07, 6.45) is 3.29. The van der Waals surface area contributed by atoms with Crippen molar-refractivity contribution >= 4 is 34.6 Å². The van der Waals surface area contributed by atoms with Gasteiger partial charge in [0.05, 0.1) is 23.4 Å². The molecule has 0 spiro atoms. The van der Waals surface area contributed by atoms with Crippen LogP contribution >= 0.6 is 11.6 Å². The second-order valence-corrected chi connectivity index (χ2v) is 9.68. The number of halogens is 1. The Morgan fingerprint density at radius 2 is 1.90 bits per heavy atom. The number of rotatable bonds is 11. The van der Waals surface area contributed by atoms with Crippen LogP contribution in [0.15, 0.2) is 42.5 Å². The predicted octanol–water partition coefficient (Wildman–Crippen LogP) is 6.04. The Morgan fingerprint density at radius 1 is 1.23 bits per heavy atom. The van der Waals surface area contributed by atoms with Gasteiger partial charge in [-0.3, -0.25) is 4.79 Å². The summed E-state index contributed by atoms with van der Waals surface area (Å²) in [5.41, 5.74) is 3.00. The molecule has 168 valence electrons. The number of hydrogen-bond acceptors (Lipinski definition) is 4. The highest BCUT2D eigenvalue weighted by Gasteiger charge is 2.29. The van der Waals surface area contributed by atoms with Crippen LogP contribution < -0.4 is 10.2 Å². The van der Waals surface area contributed by atoms with Crippen molar-refractivity contribution in [3.05, 3.63) is 53.1 Å². The summed E-state index contributed by atoms with van der Waals surface area (Å²) >= 11 is 6.05. The highest BCUT2D eigenvalue weighted by Crippen LogP contribution is 2.38. The fourth-order valence-corrected chi connectivity index (χ4v) is 4.03. The average Bonchev–Trinajstić information content (AvgIpc) is 3.50. The number of benzene rings is 2. The van der Waals surface area contributed by atoms with Gasteiger partial charge >= 0.3 is 5.97 Å². The summed E-state index contributed by atoms with van der Waals surface area (Å²) in [4.78, 5) is 13.6. The summed E-state index contributed by atoms with van der Waals surface area (Å²) in [5.74, 6) is -0.190. The van der Waals surface area contributed by atoms with Gasteiger partial charge in [-0.2, -0.15) is 0 Å². The van der Waals surface area contributed by atoms with Gasteiger partial charge < -0.3 is 20.4 Å². The van der Waals surface area contributed by atoms with E-state index in [9.17, 15) is 15.0 Å². The van der Waals surface area contributed by atoms with E-state index in [1.54, 1.807) is 0 Å². The number of nitrogens with one attached hydrogen (secondary N) is 1. The molecular weight excluding hydrogens is 412 g/mol. The van der Waals surface area contributed by atoms with Crippen molar-refractivity contribution < 1.29 is 15.0 Å². The van der Waals surface area contributed by atoms with E-state index in [0.29, 0.717) is 17.5 Å². The van der Waals surface area contributed by atoms with Crippen molar-refractivity contribution in [3.8, 4) is 0 Å². The molecule has 6 heteroatoms. The van der Waals surface area contributed by atoms with Crippen LogP contribution in [-0.4, -0.2) is 34.9 Å². The third kappa shape index (κ3) is 7.15. The number of hydrogen-bond donors (Lipinski definition) is 3. The number of carboxylic acid groups (broad SMARTS) is 1. The number of anilines is 3. The molecule has 0 radical (unpaired) electrons. The summed E-state index contributed by atoms with van der Waals surface area (Å²) in [6, 6.07) is 13.7. The minimum Gasteiger partial charge on any atom is -0.481 e. The molecule has 1 unspecified atom stereocenters. The molecule has 1 aliphatic carbocycles. The van der Waals surface area contributed by atoms with Gasteiger partial charge in [-0.05, 0) is 86.9 Å². The Labute approximate surface area is 190 Å². The molecule has 31 heavy (non-hydrogen) atoms. The molecule has 0 bridgehead atoms. The molecule has 0 amide bonds. The van der Waals surface area contributed by atoms with Gasteiger partial charge in [-0.15, -0.1) is 0 Å². The van der Waals surface area contributed by atoms with Gasteiger partial charge in [-0.1, -0.05) is 24.6 Å². The lowest BCUT2D eigenvalue weighted by molar-refractivity contribution is -0.137. The maximum Gasteiger partial charge on any atom is 0.303 e. The molecule has 3 N–H and O–H groups in total. The number of nitrogens with zero attached hydrogens (tertiary/aromatic N) is 1. The fraction of sp³-hybridized carbons (Fsp3) is 0.480. The van der Waals surface area contributed by atoms with Crippen LogP contribution in [0.1, 0.15) is 57.9 Å². The molecule has 2 aromatic rings. The zero-order valence-corrected chi connectivity index (χ0v) is 19.3. The van der Waals surface area contributed by atoms with E-state index in [0.717, 1.165) is 35.6 Å². The molecule has 1 aliphatic rings. The quantitative estimate of drug-likeness (QED) is 0.394. The molecule has 1 saturated carbocycles. The Hall–Kier alpha value is -2.24. The molecule has 1 atom stereocenters. The smallest absolute Gasteiger partial charge is 0.303 e. The van der Waals surface area contributed by atoms with E-state index < -0.39 is 11.6 Å². The summed E-state index contributed by atoms with van der Waals surface area (Å²) in [7, 11) is 0. The lowest BCUT2D eigenvalue weighted by Crippen LogP contribution is -2.40. The van der Waals surface area contributed by atoms with Gasteiger partial charge in [-0.25, -0.2) is 0 Å². The third-order valence-corrected chi connectivity index (χ3v) is 5.88. The minimum absolute atomic E-state index is 0.0523. The van der Waals surface area contributed by atoms with E-state index in [-0.39, 0.29) is 12.3 Å². The van der Waals surface area contributed by atoms with Crippen molar-refractivity contribution in [1.82, 2.24) is 0 Å². The van der Waals surface area contributed by atoms with Crippen molar-refractivity contribution in [3.63, 3.8) is 0 Å². The van der Waals surface area contributed by atoms with E-state index >= 15 is 0 Å². The standard InChI is InChI=1S/C25H33ClN2O3/c1-4-18(14-24(29)30)19-7-12-23(28(15-17-5-6-17)16-25(2,3)31)22(13-19)27-21-10-8-20(26)9-11-21/h7-13,17-18,27,31H,4-6,14-16H2,1-3H3,(H,29,30). The Bertz CT molecular complexity index is 889. The first-order valence-corrected chi connectivity index (χ1v) is 11.4. The molecular formula is C25H33ClN2O3. The molecule has 0 aromatic heterocycles. The van der Waals surface area contributed by atoms with Crippen molar-refractivity contribution in [1.29, 1.82) is 0 Å². The fourth-order valence-electron chi connectivity index (χ4n) is 3.91. The number of carboxylic acids is 1. The second kappa shape index (κ2) is 9.92. The topological polar surface area (TPSA) is 72.8 Å². The first kappa shape index (κ1) is 23.4. The molecule has 5 nitrogen and oxygen atoms in total. The molecule has 1 fully saturated rings. The summed E-state index contributed by atoms with van der Waals surface area (Å²) in [5, 5.41) is 24.0. The van der Waals surface area contributed by atoms with Gasteiger partial charge in [0.15, 0.2) is 0 Å². The molecule has 0 aliphatic heterocycles. The number of carbonyl (C=O) groups is 1. The monoisotopic (exact) mass is 444 g/mol. The zero-order valence-electron chi connectivity index (χ0n) is 18.6. The predicted molar refractivity (Wildman–Crippen MR) is 128 cm³/mol. The first-order valence-electron chi connectivity index (χ1n) is 11.0. The van der Waals surface area contributed by atoms with Crippen molar-refractivity contribution in [2.24, 2.45) is 5.92 Å². The summed E-state index contributed by atoms with van der Waals surface area (Å²) in [6.45, 7) is 7.08. The lowest BCUT2D eigenvalue weighted by atomic mass is 9.92. The second-order valence-electron chi connectivity index (χ2n) is 9.25. The molecule has 0 heterocycles. The normalized spacial score (nSPS) is 14.9. The van der Waals surface area contributed by atoms with Crippen LogP contribution in [0.4, 0.5) is 17.1 Å². The van der Waals surface area contributed by atoms with Crippen LogP contribution in [0.3, 0.4) is 0 Å². The minimum atomic E-state index is -0.833. The largest absolute Gasteiger partial charge is 0.481 e. The van der Waals surface area contributed by atoms with Crippen LogP contribution in [0, 0.1) is 5.92 Å². The van der Waals surface area contributed by atoms with Crippen LogP contribution in [0.25, 0.3) is 0 Å². The molecule has 3 rings (SSSR count). The van der Waals surface area contributed by atoms with Gasteiger partial charge in [0.1, 0.15) is 0 Å². The highest BCUT2D eigenvalue weighted by molar-refractivity contribution is 6.30. The first-order chi connectivity index (χ1) is 14.6. The van der Waals surface area contributed by atoms with E-state index in [4.69, 9.17) is 11.6 Å². The van der Waals surface area contributed by atoms with Crippen LogP contribution in [0.5, 0.6) is 0 Å². The van der Waals surface area contributed by atoms with Gasteiger partial charge in [0.25, 0.3) is 0 Å². The van der Waals surface area contributed by atoms with Crippen molar-refractivity contribution in [2.45, 2.75) is 58.0 Å². The summed E-state index contributed by atoms with van der Waals surface area (Å²) < 4.78 is 0. The molecule has 0 saturated heterocycles. The van der Waals surface area contributed by atoms with E-state index in [2.05, 4.69) is 22.3 Å². The van der Waals surface area contributed by atoms with Crippen molar-refractivity contribution in [2.75, 3.05) is 23.3 Å². The van der Waals surface area contributed by atoms with Gasteiger partial charge in [0.2, 0.25) is 0 Å². The van der Waals surface area contributed by atoms with Gasteiger partial charge in [0, 0.05) is 23.8 Å². The Morgan fingerprint density at radius 3 is 2.45 bits per heavy atom. The van der Waals surface area contributed by atoms with Crippen LogP contribution in [0.2, 0.25) is 5.02 Å². The maximum absolute atomic E-state index is 11.3. The lowest BCUT2D eigenvalue weighted by Gasteiger charge is -2.33. The number of aliphatic hydroxyl groups is 1. The van der Waals surface area contributed by atoms with Crippen LogP contribution in [-0.2, 0) is 4.79 Å². The Balaban J connectivity index is 2.00. The SMILES string of the molecule is CCC(CC(=O)O)c1ccc(N(CC2CC2)CC(C)(C)O)c(Nc2ccc(Cl)cc2)c1. The number of aliphatic carboxylic acids is 1. The van der Waals surface area contributed by atoms with E-state index in [1.807, 2.05) is 51.1 Å². The Kier molecular flexibility index (Phi) is 7.50. The maximum atomic E-state index is 11.3. The third-order valence-electron chi connectivity index (χ3n) is 5.62. The zero-order chi connectivity index (χ0) is 22.6. The average molecular weight is 445 g/mol. The highest BCUT2D eigenvalue weighted by atomic mass is 35.5.